The Morgan fingerprint density at radius 1 is 1.32 bits per heavy atom. The summed E-state index contributed by atoms with van der Waals surface area (Å²) in [5.74, 6) is -0.362. The van der Waals surface area contributed by atoms with Crippen molar-refractivity contribution in [2.75, 3.05) is 32.7 Å². The van der Waals surface area contributed by atoms with Gasteiger partial charge in [-0.1, -0.05) is 31.0 Å². The molecule has 0 saturated carbocycles. The van der Waals surface area contributed by atoms with Crippen molar-refractivity contribution in [2.24, 2.45) is 0 Å². The lowest BCUT2D eigenvalue weighted by molar-refractivity contribution is 0.174. The van der Waals surface area contributed by atoms with Crippen LogP contribution in [0.1, 0.15) is 25.3 Å². The number of rotatable bonds is 5. The van der Waals surface area contributed by atoms with E-state index in [1.54, 1.807) is 12.1 Å². The van der Waals surface area contributed by atoms with Gasteiger partial charge in [-0.15, -0.1) is 0 Å². The van der Waals surface area contributed by atoms with E-state index < -0.39 is 0 Å². The van der Waals surface area contributed by atoms with Gasteiger partial charge in [0.2, 0.25) is 0 Å². The summed E-state index contributed by atoms with van der Waals surface area (Å²) < 4.78 is 13.2. The van der Waals surface area contributed by atoms with Gasteiger partial charge in [-0.25, -0.2) is 4.39 Å². The summed E-state index contributed by atoms with van der Waals surface area (Å²) in [4.78, 5) is 4.56. The predicted octanol–water partition coefficient (Wildman–Crippen LogP) is 3.27. The molecular weight excluding hydrogens is 321 g/mol. The third-order valence-corrected chi connectivity index (χ3v) is 4.55. The quantitative estimate of drug-likeness (QED) is 0.653. The number of benzene rings is 1. The lowest BCUT2D eigenvalue weighted by Crippen LogP contribution is -2.51. The molecule has 1 fully saturated rings. The summed E-state index contributed by atoms with van der Waals surface area (Å²) in [6.45, 7) is 7.66. The molecule has 22 heavy (non-hydrogen) atoms. The fourth-order valence-electron chi connectivity index (χ4n) is 2.49. The van der Waals surface area contributed by atoms with Crippen molar-refractivity contribution >= 4 is 28.9 Å². The first-order chi connectivity index (χ1) is 10.6. The van der Waals surface area contributed by atoms with Gasteiger partial charge in [-0.05, 0) is 36.3 Å². The number of nitrogens with one attached hydrogen (secondary N) is 1. The average molecular weight is 344 g/mol. The van der Waals surface area contributed by atoms with Crippen molar-refractivity contribution in [2.45, 2.75) is 26.3 Å². The van der Waals surface area contributed by atoms with Crippen LogP contribution in [0, 0.1) is 5.82 Å². The van der Waals surface area contributed by atoms with Crippen LogP contribution in [0.15, 0.2) is 18.2 Å². The minimum atomic E-state index is -0.362. The molecule has 0 amide bonds. The Bertz CT molecular complexity index is 504. The van der Waals surface area contributed by atoms with Crippen LogP contribution in [0.25, 0.3) is 0 Å². The van der Waals surface area contributed by atoms with Gasteiger partial charge in [0.05, 0.1) is 5.02 Å². The Labute approximate surface area is 142 Å². The summed E-state index contributed by atoms with van der Waals surface area (Å²) in [5, 5.41) is 4.36. The Morgan fingerprint density at radius 3 is 2.68 bits per heavy atom. The average Bonchev–Trinajstić information content (AvgIpc) is 2.52. The standard InChI is InChI=1S/C16H23ClFN3S/c1-2-3-6-19-16(22)21-9-7-20(8-10-21)12-13-4-5-15(18)14(17)11-13/h4-5,11H,2-3,6-10,12H2,1H3,(H,19,22). The zero-order chi connectivity index (χ0) is 15.9. The highest BCUT2D eigenvalue weighted by Crippen LogP contribution is 2.17. The Kier molecular flexibility index (Phi) is 6.86. The van der Waals surface area contributed by atoms with Crippen molar-refractivity contribution in [1.82, 2.24) is 15.1 Å². The van der Waals surface area contributed by atoms with Crippen LogP contribution >= 0.6 is 23.8 Å². The molecule has 1 aromatic carbocycles. The number of unbranched alkanes of at least 4 members (excludes halogenated alkanes) is 1. The number of hydrogen-bond donors (Lipinski definition) is 1. The molecule has 1 aliphatic rings. The molecule has 3 nitrogen and oxygen atoms in total. The monoisotopic (exact) mass is 343 g/mol. The van der Waals surface area contributed by atoms with Gasteiger partial charge in [0.1, 0.15) is 5.82 Å². The van der Waals surface area contributed by atoms with Gasteiger partial charge in [0.25, 0.3) is 0 Å². The second-order valence-corrected chi connectivity index (χ2v) is 6.39. The van der Waals surface area contributed by atoms with Crippen LogP contribution in [0.3, 0.4) is 0 Å². The number of nitrogens with zero attached hydrogens (tertiary/aromatic N) is 2. The summed E-state index contributed by atoms with van der Waals surface area (Å²) >= 11 is 11.3. The highest BCUT2D eigenvalue weighted by atomic mass is 35.5. The molecule has 0 bridgehead atoms. The van der Waals surface area contributed by atoms with E-state index in [2.05, 4.69) is 22.0 Å². The smallest absolute Gasteiger partial charge is 0.169 e. The summed E-state index contributed by atoms with van der Waals surface area (Å²) in [7, 11) is 0. The second kappa shape index (κ2) is 8.65. The van der Waals surface area contributed by atoms with Crippen LogP contribution in [-0.2, 0) is 6.54 Å². The van der Waals surface area contributed by atoms with Gasteiger partial charge in [0, 0.05) is 39.3 Å². The molecular formula is C16H23ClFN3S. The van der Waals surface area contributed by atoms with Crippen molar-refractivity contribution in [3.8, 4) is 0 Å². The molecule has 0 spiro atoms. The third kappa shape index (κ3) is 5.07. The topological polar surface area (TPSA) is 18.5 Å². The zero-order valence-electron chi connectivity index (χ0n) is 12.9. The van der Waals surface area contributed by atoms with Crippen molar-refractivity contribution in [3.05, 3.63) is 34.6 Å². The SMILES string of the molecule is CCCCNC(=S)N1CCN(Cc2ccc(F)c(Cl)c2)CC1. The highest BCUT2D eigenvalue weighted by molar-refractivity contribution is 7.80. The fourth-order valence-corrected chi connectivity index (χ4v) is 2.98. The molecule has 1 N–H and O–H groups in total. The Balaban J connectivity index is 1.77. The van der Waals surface area contributed by atoms with E-state index in [0.29, 0.717) is 0 Å². The second-order valence-electron chi connectivity index (χ2n) is 5.60. The maximum absolute atomic E-state index is 13.2. The Hall–Kier alpha value is -0.910. The molecule has 0 atom stereocenters. The summed E-state index contributed by atoms with van der Waals surface area (Å²) in [6.07, 6.45) is 2.31. The minimum Gasteiger partial charge on any atom is -0.363 e. The van der Waals surface area contributed by atoms with Crippen LogP contribution in [0.2, 0.25) is 5.02 Å². The maximum atomic E-state index is 13.2. The highest BCUT2D eigenvalue weighted by Gasteiger charge is 2.18. The minimum absolute atomic E-state index is 0.192. The fraction of sp³-hybridized carbons (Fsp3) is 0.562. The first-order valence-corrected chi connectivity index (χ1v) is 8.58. The van der Waals surface area contributed by atoms with Crippen LogP contribution < -0.4 is 5.32 Å². The molecule has 122 valence electrons. The van der Waals surface area contributed by atoms with Crippen LogP contribution in [0.4, 0.5) is 4.39 Å². The molecule has 2 rings (SSSR count). The molecule has 0 unspecified atom stereocenters. The van der Waals surface area contributed by atoms with E-state index in [9.17, 15) is 4.39 Å². The lowest BCUT2D eigenvalue weighted by atomic mass is 10.2. The maximum Gasteiger partial charge on any atom is 0.169 e. The number of thiocarbonyl (C=S) groups is 1. The predicted molar refractivity (Wildman–Crippen MR) is 93.8 cm³/mol. The van der Waals surface area contributed by atoms with Crippen LogP contribution in [0.5, 0.6) is 0 Å². The van der Waals surface area contributed by atoms with E-state index >= 15 is 0 Å². The molecule has 0 radical (unpaired) electrons. The van der Waals surface area contributed by atoms with Gasteiger partial charge < -0.3 is 10.2 Å². The summed E-state index contributed by atoms with van der Waals surface area (Å²) in [5.41, 5.74) is 1.04. The summed E-state index contributed by atoms with van der Waals surface area (Å²) in [6, 6.07) is 4.94. The van der Waals surface area contributed by atoms with E-state index in [1.807, 2.05) is 0 Å². The molecule has 0 aromatic heterocycles. The van der Waals surface area contributed by atoms with E-state index in [1.165, 1.54) is 12.5 Å². The number of halogens is 2. The third-order valence-electron chi connectivity index (χ3n) is 3.86. The van der Waals surface area contributed by atoms with E-state index in [4.69, 9.17) is 23.8 Å². The van der Waals surface area contributed by atoms with E-state index in [0.717, 1.165) is 56.4 Å². The molecule has 0 aliphatic carbocycles. The molecule has 6 heteroatoms. The van der Waals surface area contributed by atoms with Gasteiger partial charge in [-0.3, -0.25) is 4.90 Å². The van der Waals surface area contributed by atoms with Crippen molar-refractivity contribution in [3.63, 3.8) is 0 Å². The molecule has 1 aliphatic heterocycles. The van der Waals surface area contributed by atoms with E-state index in [-0.39, 0.29) is 10.8 Å². The normalized spacial score (nSPS) is 15.9. The van der Waals surface area contributed by atoms with Gasteiger partial charge in [-0.2, -0.15) is 0 Å². The molecule has 1 saturated heterocycles. The van der Waals surface area contributed by atoms with Gasteiger partial charge in [0.15, 0.2) is 5.11 Å². The lowest BCUT2D eigenvalue weighted by Gasteiger charge is -2.36. The first kappa shape index (κ1) is 17.4. The molecule has 1 aromatic rings. The number of hydrogen-bond acceptors (Lipinski definition) is 2. The zero-order valence-corrected chi connectivity index (χ0v) is 14.5. The van der Waals surface area contributed by atoms with Gasteiger partial charge >= 0.3 is 0 Å². The molecule has 1 heterocycles. The largest absolute Gasteiger partial charge is 0.363 e. The first-order valence-electron chi connectivity index (χ1n) is 7.79. The van der Waals surface area contributed by atoms with Crippen molar-refractivity contribution in [1.29, 1.82) is 0 Å². The van der Waals surface area contributed by atoms with Crippen molar-refractivity contribution < 1.29 is 4.39 Å². The number of piperazine rings is 1. The van der Waals surface area contributed by atoms with Crippen LogP contribution in [-0.4, -0.2) is 47.6 Å². The Morgan fingerprint density at radius 2 is 2.05 bits per heavy atom.